The van der Waals surface area contributed by atoms with Gasteiger partial charge in [0.1, 0.15) is 10.7 Å². The highest BCUT2D eigenvalue weighted by molar-refractivity contribution is 7.17. The normalized spacial score (nSPS) is 10.8. The van der Waals surface area contributed by atoms with Crippen LogP contribution < -0.4 is 16.0 Å². The fourth-order valence-electron chi connectivity index (χ4n) is 3.09. The van der Waals surface area contributed by atoms with Gasteiger partial charge in [-0.3, -0.25) is 14.7 Å². The summed E-state index contributed by atoms with van der Waals surface area (Å²) in [4.78, 5) is 33.7. The SMILES string of the molecule is CCNC(=O)Cc1cccc(Nc2ncc(C(=O)Nc3c(C)ccc4[nH]ncc34)s2)n1. The van der Waals surface area contributed by atoms with Gasteiger partial charge >= 0.3 is 0 Å². The quantitative estimate of drug-likeness (QED) is 0.353. The molecule has 0 aliphatic heterocycles. The summed E-state index contributed by atoms with van der Waals surface area (Å²) in [6.45, 7) is 4.38. The van der Waals surface area contributed by atoms with Gasteiger partial charge < -0.3 is 16.0 Å². The molecule has 4 rings (SSSR count). The van der Waals surface area contributed by atoms with E-state index in [1.807, 2.05) is 32.0 Å². The van der Waals surface area contributed by atoms with Crippen LogP contribution in [0.2, 0.25) is 0 Å². The molecule has 0 unspecified atom stereocenters. The van der Waals surface area contributed by atoms with Gasteiger partial charge in [-0.1, -0.05) is 23.5 Å². The molecule has 0 radical (unpaired) electrons. The van der Waals surface area contributed by atoms with E-state index in [1.165, 1.54) is 17.5 Å². The fraction of sp³-hybridized carbons (Fsp3) is 0.190. The first-order chi connectivity index (χ1) is 15.0. The lowest BCUT2D eigenvalue weighted by atomic mass is 10.1. The first-order valence-corrected chi connectivity index (χ1v) is 10.5. The number of aryl methyl sites for hydroxylation is 1. The molecular formula is C21H21N7O2S. The molecule has 0 saturated heterocycles. The molecule has 3 heterocycles. The van der Waals surface area contributed by atoms with Crippen molar-refractivity contribution in [2.45, 2.75) is 20.3 Å². The molecule has 158 valence electrons. The Bertz CT molecular complexity index is 1250. The minimum absolute atomic E-state index is 0.0803. The van der Waals surface area contributed by atoms with E-state index in [2.05, 4.69) is 36.1 Å². The number of likely N-dealkylation sites (N-methyl/N-ethyl adjacent to an activating group) is 1. The molecule has 0 spiro atoms. The van der Waals surface area contributed by atoms with Crippen molar-refractivity contribution in [1.29, 1.82) is 0 Å². The van der Waals surface area contributed by atoms with Crippen LogP contribution in [-0.2, 0) is 11.2 Å². The lowest BCUT2D eigenvalue weighted by molar-refractivity contribution is -0.120. The van der Waals surface area contributed by atoms with E-state index in [0.717, 1.165) is 22.2 Å². The molecule has 4 aromatic rings. The lowest BCUT2D eigenvalue weighted by Gasteiger charge is -2.08. The molecule has 0 saturated carbocycles. The molecule has 0 aliphatic carbocycles. The van der Waals surface area contributed by atoms with E-state index >= 15 is 0 Å². The third-order valence-corrected chi connectivity index (χ3v) is 5.47. The molecule has 4 N–H and O–H groups in total. The molecule has 1 aromatic carbocycles. The monoisotopic (exact) mass is 435 g/mol. The Hall–Kier alpha value is -3.79. The highest BCUT2D eigenvalue weighted by Gasteiger charge is 2.15. The standard InChI is InChI=1S/C21H21N7O2S/c1-3-22-18(29)9-13-5-4-6-17(25-13)26-21-23-11-16(31-21)20(30)27-19-12(2)7-8-15-14(19)10-24-28-15/h4-8,10-11H,3,9H2,1-2H3,(H,22,29)(H,24,28)(H,27,30)(H,23,25,26). The first kappa shape index (κ1) is 20.5. The summed E-state index contributed by atoms with van der Waals surface area (Å²) < 4.78 is 0. The van der Waals surface area contributed by atoms with Gasteiger partial charge in [0.05, 0.1) is 35.7 Å². The van der Waals surface area contributed by atoms with Crippen LogP contribution in [0, 0.1) is 6.92 Å². The number of nitrogens with one attached hydrogen (secondary N) is 4. The van der Waals surface area contributed by atoms with Crippen molar-refractivity contribution in [3.63, 3.8) is 0 Å². The van der Waals surface area contributed by atoms with E-state index in [-0.39, 0.29) is 18.2 Å². The fourth-order valence-corrected chi connectivity index (χ4v) is 3.80. The van der Waals surface area contributed by atoms with Crippen LogP contribution in [0.1, 0.15) is 27.9 Å². The minimum Gasteiger partial charge on any atom is -0.356 e. The third-order valence-electron chi connectivity index (χ3n) is 4.56. The van der Waals surface area contributed by atoms with Crippen LogP contribution >= 0.6 is 11.3 Å². The highest BCUT2D eigenvalue weighted by Crippen LogP contribution is 2.28. The molecule has 31 heavy (non-hydrogen) atoms. The molecule has 0 fully saturated rings. The number of carbonyl (C=O) groups excluding carboxylic acids is 2. The van der Waals surface area contributed by atoms with Crippen molar-refractivity contribution in [3.8, 4) is 0 Å². The van der Waals surface area contributed by atoms with Crippen molar-refractivity contribution >= 4 is 50.7 Å². The van der Waals surface area contributed by atoms with E-state index < -0.39 is 0 Å². The van der Waals surface area contributed by atoms with Gasteiger partial charge in [-0.15, -0.1) is 0 Å². The number of benzene rings is 1. The summed E-state index contributed by atoms with van der Waals surface area (Å²) in [5.74, 6) is 0.228. The Morgan fingerprint density at radius 2 is 2.03 bits per heavy atom. The smallest absolute Gasteiger partial charge is 0.267 e. The summed E-state index contributed by atoms with van der Waals surface area (Å²) in [6.07, 6.45) is 3.41. The van der Waals surface area contributed by atoms with E-state index in [0.29, 0.717) is 28.1 Å². The topological polar surface area (TPSA) is 125 Å². The zero-order valence-corrected chi connectivity index (χ0v) is 17.8. The summed E-state index contributed by atoms with van der Waals surface area (Å²) in [5.41, 5.74) is 3.16. The Balaban J connectivity index is 1.46. The maximum atomic E-state index is 12.8. The van der Waals surface area contributed by atoms with Crippen LogP contribution in [0.15, 0.2) is 42.7 Å². The second-order valence-corrected chi connectivity index (χ2v) is 7.87. The maximum Gasteiger partial charge on any atom is 0.267 e. The number of aromatic amines is 1. The molecule has 2 amide bonds. The second kappa shape index (κ2) is 8.92. The van der Waals surface area contributed by atoms with Gasteiger partial charge in [-0.25, -0.2) is 9.97 Å². The zero-order valence-electron chi connectivity index (χ0n) is 17.0. The summed E-state index contributed by atoms with van der Waals surface area (Å²) in [5, 5.41) is 17.1. The van der Waals surface area contributed by atoms with Crippen molar-refractivity contribution in [2.75, 3.05) is 17.2 Å². The summed E-state index contributed by atoms with van der Waals surface area (Å²) in [7, 11) is 0. The van der Waals surface area contributed by atoms with Gasteiger partial charge in [0.15, 0.2) is 5.13 Å². The van der Waals surface area contributed by atoms with Gasteiger partial charge in [0.25, 0.3) is 5.91 Å². The number of nitrogens with zero attached hydrogens (tertiary/aromatic N) is 3. The molecule has 0 atom stereocenters. The zero-order chi connectivity index (χ0) is 21.8. The number of anilines is 3. The Kier molecular flexibility index (Phi) is 5.89. The molecule has 3 aromatic heterocycles. The number of pyridine rings is 1. The number of carbonyl (C=O) groups is 2. The van der Waals surface area contributed by atoms with Gasteiger partial charge in [0, 0.05) is 11.9 Å². The molecular weight excluding hydrogens is 414 g/mol. The second-order valence-electron chi connectivity index (χ2n) is 6.84. The summed E-state index contributed by atoms with van der Waals surface area (Å²) in [6, 6.07) is 9.25. The van der Waals surface area contributed by atoms with Crippen LogP contribution in [0.25, 0.3) is 10.9 Å². The predicted molar refractivity (Wildman–Crippen MR) is 121 cm³/mol. The third kappa shape index (κ3) is 4.69. The Morgan fingerprint density at radius 1 is 1.16 bits per heavy atom. The molecule has 0 bridgehead atoms. The maximum absolute atomic E-state index is 12.8. The minimum atomic E-state index is -0.250. The predicted octanol–water partition coefficient (Wildman–Crippen LogP) is 3.40. The molecule has 10 heteroatoms. The van der Waals surface area contributed by atoms with Gasteiger partial charge in [0.2, 0.25) is 5.91 Å². The lowest BCUT2D eigenvalue weighted by Crippen LogP contribution is -2.24. The first-order valence-electron chi connectivity index (χ1n) is 9.73. The van der Waals surface area contributed by atoms with Crippen LogP contribution in [0.4, 0.5) is 16.6 Å². The number of amides is 2. The van der Waals surface area contributed by atoms with Crippen molar-refractivity contribution < 1.29 is 9.59 Å². The van der Waals surface area contributed by atoms with Crippen LogP contribution in [-0.4, -0.2) is 38.5 Å². The number of thiazole rings is 1. The number of rotatable bonds is 7. The van der Waals surface area contributed by atoms with Crippen LogP contribution in [0.5, 0.6) is 0 Å². The van der Waals surface area contributed by atoms with Gasteiger partial charge in [-0.05, 0) is 37.6 Å². The van der Waals surface area contributed by atoms with E-state index in [9.17, 15) is 9.59 Å². The average Bonchev–Trinajstić information content (AvgIpc) is 3.40. The van der Waals surface area contributed by atoms with Crippen molar-refractivity contribution in [2.24, 2.45) is 0 Å². The molecule has 9 nitrogen and oxygen atoms in total. The largest absolute Gasteiger partial charge is 0.356 e. The average molecular weight is 436 g/mol. The highest BCUT2D eigenvalue weighted by atomic mass is 32.1. The van der Waals surface area contributed by atoms with Crippen molar-refractivity contribution in [3.05, 3.63) is 58.9 Å². The number of aromatic nitrogens is 4. The Morgan fingerprint density at radius 3 is 2.87 bits per heavy atom. The number of hydrogen-bond acceptors (Lipinski definition) is 7. The van der Waals surface area contributed by atoms with E-state index in [4.69, 9.17) is 0 Å². The number of H-pyrrole nitrogens is 1. The van der Waals surface area contributed by atoms with Crippen LogP contribution in [0.3, 0.4) is 0 Å². The number of hydrogen-bond donors (Lipinski definition) is 4. The summed E-state index contributed by atoms with van der Waals surface area (Å²) >= 11 is 1.22. The van der Waals surface area contributed by atoms with Crippen molar-refractivity contribution in [1.82, 2.24) is 25.5 Å². The number of fused-ring (bicyclic) bond motifs is 1. The van der Waals surface area contributed by atoms with Gasteiger partial charge in [-0.2, -0.15) is 5.10 Å². The van der Waals surface area contributed by atoms with E-state index in [1.54, 1.807) is 18.3 Å². The molecule has 0 aliphatic rings. The Labute approximate surface area is 182 Å².